The van der Waals surface area contributed by atoms with Gasteiger partial charge in [-0.15, -0.1) is 36.6 Å². The number of nitrogens with zero attached hydrogens (tertiary/aromatic N) is 1. The van der Waals surface area contributed by atoms with Crippen molar-refractivity contribution in [2.45, 2.75) is 11.7 Å². The number of nitrogens with two attached hydrogens (primary N) is 1. The largest absolute Gasteiger partial charge is 0.481 e. The zero-order valence-electron chi connectivity index (χ0n) is 12.0. The Kier molecular flexibility index (Phi) is 10.3. The molecule has 2 aromatic rings. The van der Waals surface area contributed by atoms with E-state index >= 15 is 0 Å². The van der Waals surface area contributed by atoms with Crippen LogP contribution in [0.5, 0.6) is 0 Å². The van der Waals surface area contributed by atoms with Crippen LogP contribution in [0.2, 0.25) is 0 Å². The zero-order chi connectivity index (χ0) is 15.2. The van der Waals surface area contributed by atoms with Gasteiger partial charge in [0.1, 0.15) is 0 Å². The number of aromatic nitrogens is 1. The first-order valence-corrected chi connectivity index (χ1v) is 8.21. The van der Waals surface area contributed by atoms with Gasteiger partial charge in [-0.2, -0.15) is 0 Å². The smallest absolute Gasteiger partial charge is 0.304 e. The molecule has 1 aromatic carbocycles. The van der Waals surface area contributed by atoms with Gasteiger partial charge in [0, 0.05) is 22.1 Å². The number of benzene rings is 1. The van der Waals surface area contributed by atoms with Crippen LogP contribution in [-0.4, -0.2) is 21.8 Å². The number of nitrogen functional groups attached to an aromatic ring is 1. The Balaban J connectivity index is 0.00000242. The third kappa shape index (κ3) is 6.59. The monoisotopic (exact) mass is 438 g/mol. The van der Waals surface area contributed by atoms with E-state index < -0.39 is 5.97 Å². The number of carboxylic acid groups (broad SMARTS) is 1. The second-order valence-corrected chi connectivity index (χ2v) is 6.55. The molecule has 0 saturated heterocycles. The maximum Gasteiger partial charge on any atom is 0.304 e. The lowest BCUT2D eigenvalue weighted by atomic mass is 10.1. The average molecular weight is 440 g/mol. The molecule has 1 atom stereocenters. The minimum atomic E-state index is -0.801. The highest BCUT2D eigenvalue weighted by molar-refractivity contribution is 9.10. The molecule has 3 N–H and O–H groups in total. The second kappa shape index (κ2) is 10.8. The fourth-order valence-corrected chi connectivity index (χ4v) is 3.50. The Labute approximate surface area is 160 Å². The summed E-state index contributed by atoms with van der Waals surface area (Å²) in [7, 11) is 0. The molecule has 8 heteroatoms. The Morgan fingerprint density at radius 2 is 2.04 bits per heavy atom. The van der Waals surface area contributed by atoms with Crippen molar-refractivity contribution in [3.63, 3.8) is 0 Å². The summed E-state index contributed by atoms with van der Waals surface area (Å²) in [5.74, 6) is -0.299. The van der Waals surface area contributed by atoms with Gasteiger partial charge in [0.05, 0.1) is 17.4 Å². The molecule has 0 aliphatic heterocycles. The van der Waals surface area contributed by atoms with Crippen molar-refractivity contribution in [2.24, 2.45) is 0 Å². The van der Waals surface area contributed by atoms with E-state index in [1.165, 1.54) is 11.8 Å². The molecular weight excluding hydrogens is 423 g/mol. The number of thioether (sulfide) groups is 1. The topological polar surface area (TPSA) is 76.2 Å². The second-order valence-electron chi connectivity index (χ2n) is 4.42. The van der Waals surface area contributed by atoms with E-state index in [1.807, 2.05) is 36.4 Å². The molecule has 23 heavy (non-hydrogen) atoms. The minimum absolute atomic E-state index is 0. The van der Waals surface area contributed by atoms with Crippen molar-refractivity contribution in [3.05, 3.63) is 58.3 Å². The number of hydrogen-bond donors (Lipinski definition) is 2. The van der Waals surface area contributed by atoms with Crippen molar-refractivity contribution < 1.29 is 9.90 Å². The average Bonchev–Trinajstić information content (AvgIpc) is 2.47. The van der Waals surface area contributed by atoms with Crippen LogP contribution >= 0.6 is 52.5 Å². The fourth-order valence-electron chi connectivity index (χ4n) is 1.90. The van der Waals surface area contributed by atoms with Gasteiger partial charge in [-0.1, -0.05) is 22.0 Å². The first-order valence-electron chi connectivity index (χ1n) is 6.37. The predicted molar refractivity (Wildman–Crippen MR) is 104 cm³/mol. The summed E-state index contributed by atoms with van der Waals surface area (Å²) in [5.41, 5.74) is 8.57. The number of pyridine rings is 1. The molecule has 0 bridgehead atoms. The summed E-state index contributed by atoms with van der Waals surface area (Å²) in [6, 6.07) is 11.4. The van der Waals surface area contributed by atoms with Crippen LogP contribution in [0.15, 0.2) is 47.1 Å². The third-order valence-electron chi connectivity index (χ3n) is 2.89. The number of anilines is 1. The molecule has 0 fully saturated rings. The van der Waals surface area contributed by atoms with Gasteiger partial charge in [0.15, 0.2) is 0 Å². The minimum Gasteiger partial charge on any atom is -0.481 e. The number of rotatable bonds is 6. The fraction of sp³-hybridized carbons (Fsp3) is 0.200. The highest BCUT2D eigenvalue weighted by Crippen LogP contribution is 2.38. The molecule has 1 heterocycles. The van der Waals surface area contributed by atoms with Crippen molar-refractivity contribution in [2.75, 3.05) is 11.5 Å². The number of halogens is 3. The van der Waals surface area contributed by atoms with Gasteiger partial charge in [-0.25, -0.2) is 0 Å². The Morgan fingerprint density at radius 3 is 2.65 bits per heavy atom. The van der Waals surface area contributed by atoms with Crippen molar-refractivity contribution in [1.82, 2.24) is 4.98 Å². The number of hydrogen-bond acceptors (Lipinski definition) is 4. The molecule has 126 valence electrons. The maximum atomic E-state index is 10.7. The van der Waals surface area contributed by atoms with E-state index in [-0.39, 0.29) is 36.5 Å². The lowest BCUT2D eigenvalue weighted by molar-refractivity contribution is -0.136. The van der Waals surface area contributed by atoms with Gasteiger partial charge in [-0.05, 0) is 35.9 Å². The molecule has 0 aliphatic carbocycles. The number of aliphatic carboxylic acids is 1. The highest BCUT2D eigenvalue weighted by atomic mass is 79.9. The SMILES string of the molecule is Cl.Cl.Nc1ccc(Br)cc1C(SCCC(=O)O)c1ccccn1. The number of carbonyl (C=O) groups is 1. The quantitative estimate of drug-likeness (QED) is 0.644. The Morgan fingerprint density at radius 1 is 1.30 bits per heavy atom. The summed E-state index contributed by atoms with van der Waals surface area (Å²) >= 11 is 4.98. The molecule has 4 nitrogen and oxygen atoms in total. The standard InChI is InChI=1S/C15H15BrN2O2S.2ClH/c16-10-4-5-12(17)11(9-10)15(21-8-6-14(19)20)13-3-1-2-7-18-13;;/h1-5,7,9,15H,6,8,17H2,(H,19,20);2*1H. The first kappa shape index (κ1) is 22.1. The summed E-state index contributed by atoms with van der Waals surface area (Å²) in [5, 5.41) is 8.72. The van der Waals surface area contributed by atoms with Crippen LogP contribution in [0.3, 0.4) is 0 Å². The van der Waals surface area contributed by atoms with E-state index in [9.17, 15) is 4.79 Å². The summed E-state index contributed by atoms with van der Waals surface area (Å²) in [4.78, 5) is 15.1. The molecular formula is C15H17BrCl2N2O2S. The van der Waals surface area contributed by atoms with E-state index in [1.54, 1.807) is 6.20 Å². The molecule has 1 aromatic heterocycles. The predicted octanol–water partition coefficient (Wildman–Crippen LogP) is 4.57. The maximum absolute atomic E-state index is 10.7. The first-order chi connectivity index (χ1) is 10.1. The van der Waals surface area contributed by atoms with E-state index in [0.717, 1.165) is 15.7 Å². The highest BCUT2D eigenvalue weighted by Gasteiger charge is 2.19. The lowest BCUT2D eigenvalue weighted by Gasteiger charge is -2.18. The van der Waals surface area contributed by atoms with Crippen molar-refractivity contribution in [3.8, 4) is 0 Å². The van der Waals surface area contributed by atoms with Crippen LogP contribution in [0.4, 0.5) is 5.69 Å². The van der Waals surface area contributed by atoms with Gasteiger partial charge in [-0.3, -0.25) is 9.78 Å². The molecule has 0 amide bonds. The van der Waals surface area contributed by atoms with Crippen LogP contribution < -0.4 is 5.73 Å². The van der Waals surface area contributed by atoms with Gasteiger partial charge < -0.3 is 10.8 Å². The van der Waals surface area contributed by atoms with Crippen LogP contribution in [0.25, 0.3) is 0 Å². The summed E-state index contributed by atoms with van der Waals surface area (Å²) < 4.78 is 0.937. The van der Waals surface area contributed by atoms with Crippen LogP contribution in [-0.2, 0) is 4.79 Å². The van der Waals surface area contributed by atoms with Crippen molar-refractivity contribution in [1.29, 1.82) is 0 Å². The van der Waals surface area contributed by atoms with Gasteiger partial charge in [0.2, 0.25) is 0 Å². The molecule has 0 saturated carbocycles. The van der Waals surface area contributed by atoms with E-state index in [2.05, 4.69) is 20.9 Å². The molecule has 1 unspecified atom stereocenters. The summed E-state index contributed by atoms with van der Waals surface area (Å²) in [6.07, 6.45) is 1.84. The molecule has 2 rings (SSSR count). The number of carboxylic acids is 1. The van der Waals surface area contributed by atoms with Crippen molar-refractivity contribution >= 4 is 64.2 Å². The third-order valence-corrected chi connectivity index (χ3v) is 4.65. The Hall–Kier alpha value is -0.950. The molecule has 0 spiro atoms. The van der Waals surface area contributed by atoms with Gasteiger partial charge >= 0.3 is 5.97 Å². The zero-order valence-corrected chi connectivity index (χ0v) is 16.1. The van der Waals surface area contributed by atoms with Crippen LogP contribution in [0.1, 0.15) is 22.9 Å². The normalized spacial score (nSPS) is 11.0. The van der Waals surface area contributed by atoms with Crippen LogP contribution in [0, 0.1) is 0 Å². The lowest BCUT2D eigenvalue weighted by Crippen LogP contribution is -2.06. The van der Waals surface area contributed by atoms with E-state index in [0.29, 0.717) is 11.4 Å². The van der Waals surface area contributed by atoms with Gasteiger partial charge in [0.25, 0.3) is 0 Å². The van der Waals surface area contributed by atoms with E-state index in [4.69, 9.17) is 10.8 Å². The molecule has 0 radical (unpaired) electrons. The molecule has 0 aliphatic rings. The Bertz CT molecular complexity index is 632. The summed E-state index contributed by atoms with van der Waals surface area (Å²) in [6.45, 7) is 0.